The van der Waals surface area contributed by atoms with E-state index >= 15 is 0 Å². The van der Waals surface area contributed by atoms with Crippen molar-refractivity contribution in [3.63, 3.8) is 0 Å². The maximum Gasteiger partial charge on any atom is 0.373 e. The summed E-state index contributed by atoms with van der Waals surface area (Å²) in [5.41, 5.74) is -0.00390. The molecular weight excluding hydrogens is 352 g/mol. The van der Waals surface area contributed by atoms with Crippen LogP contribution in [0.2, 0.25) is 5.02 Å². The lowest BCUT2D eigenvalue weighted by Crippen LogP contribution is -2.11. The Bertz CT molecular complexity index is 785. The van der Waals surface area contributed by atoms with E-state index in [2.05, 4.69) is 15.3 Å². The topological polar surface area (TPSA) is 109 Å². The summed E-state index contributed by atoms with van der Waals surface area (Å²) < 4.78 is 15.8. The summed E-state index contributed by atoms with van der Waals surface area (Å²) in [7, 11) is 2.92. The van der Waals surface area contributed by atoms with Gasteiger partial charge in [0.05, 0.1) is 36.0 Å². The van der Waals surface area contributed by atoms with E-state index in [1.807, 2.05) is 0 Å². The molecule has 0 aliphatic rings. The normalized spacial score (nSPS) is 10.5. The summed E-state index contributed by atoms with van der Waals surface area (Å²) in [6, 6.07) is 3.08. The first-order valence-electron chi connectivity index (χ1n) is 7.22. The third-order valence-electron chi connectivity index (χ3n) is 3.05. The number of ether oxygens (including phenoxy) is 3. The Kier molecular flexibility index (Phi) is 5.81. The fourth-order valence-corrected chi connectivity index (χ4v) is 2.25. The minimum Gasteiger partial charge on any atom is -0.495 e. The number of methoxy groups -OCH3 is 2. The molecule has 25 heavy (non-hydrogen) atoms. The molecular formula is C15H17ClN4O5. The molecule has 0 amide bonds. The maximum atomic E-state index is 11.5. The monoisotopic (exact) mass is 368 g/mol. The standard InChI is InChI=1S/C15H17ClN4O5/c1-8(2)25-15-13(20(21)22)14(17-7-18-15)19-10-5-9(16)11(23-3)6-12(10)24-4/h5-8H,1-4H3,(H,17,18,19). The molecule has 1 aromatic carbocycles. The number of aromatic nitrogens is 2. The Labute approximate surface area is 149 Å². The van der Waals surface area contributed by atoms with E-state index in [0.717, 1.165) is 0 Å². The zero-order chi connectivity index (χ0) is 18.6. The van der Waals surface area contributed by atoms with Gasteiger partial charge in [0.25, 0.3) is 5.88 Å². The van der Waals surface area contributed by atoms with Gasteiger partial charge in [0.15, 0.2) is 0 Å². The van der Waals surface area contributed by atoms with E-state index in [1.165, 1.54) is 26.6 Å². The average Bonchev–Trinajstić information content (AvgIpc) is 2.54. The molecule has 0 saturated heterocycles. The van der Waals surface area contributed by atoms with Crippen LogP contribution in [0.3, 0.4) is 0 Å². The van der Waals surface area contributed by atoms with Gasteiger partial charge >= 0.3 is 5.69 Å². The molecule has 1 heterocycles. The molecule has 0 bridgehead atoms. The molecule has 0 radical (unpaired) electrons. The van der Waals surface area contributed by atoms with Gasteiger partial charge in [0.2, 0.25) is 5.82 Å². The Morgan fingerprint density at radius 2 is 1.88 bits per heavy atom. The van der Waals surface area contributed by atoms with E-state index in [1.54, 1.807) is 19.9 Å². The SMILES string of the molecule is COc1cc(OC)c(Nc2ncnc(OC(C)C)c2[N+](=O)[O-])cc1Cl. The van der Waals surface area contributed by atoms with Crippen molar-refractivity contribution in [2.24, 2.45) is 0 Å². The van der Waals surface area contributed by atoms with Crippen LogP contribution >= 0.6 is 11.6 Å². The van der Waals surface area contributed by atoms with Crippen molar-refractivity contribution >= 4 is 28.8 Å². The number of rotatable bonds is 7. The van der Waals surface area contributed by atoms with Crippen molar-refractivity contribution < 1.29 is 19.1 Å². The van der Waals surface area contributed by atoms with E-state index < -0.39 is 4.92 Å². The van der Waals surface area contributed by atoms with Gasteiger partial charge in [-0.25, -0.2) is 4.98 Å². The molecule has 0 spiro atoms. The van der Waals surface area contributed by atoms with Crippen molar-refractivity contribution in [2.75, 3.05) is 19.5 Å². The van der Waals surface area contributed by atoms with Crippen molar-refractivity contribution in [1.29, 1.82) is 0 Å². The lowest BCUT2D eigenvalue weighted by Gasteiger charge is -2.14. The van der Waals surface area contributed by atoms with Crippen molar-refractivity contribution in [1.82, 2.24) is 9.97 Å². The third kappa shape index (κ3) is 4.18. The number of anilines is 2. The predicted octanol–water partition coefficient (Wildman–Crippen LogP) is 3.59. The fourth-order valence-electron chi connectivity index (χ4n) is 2.01. The summed E-state index contributed by atoms with van der Waals surface area (Å²) in [6.07, 6.45) is 0.886. The first kappa shape index (κ1) is 18.5. The smallest absolute Gasteiger partial charge is 0.373 e. The lowest BCUT2D eigenvalue weighted by atomic mass is 10.2. The molecule has 0 fully saturated rings. The summed E-state index contributed by atoms with van der Waals surface area (Å²) in [6.45, 7) is 3.48. The van der Waals surface area contributed by atoms with Gasteiger partial charge in [0, 0.05) is 6.07 Å². The minimum atomic E-state index is -0.613. The fraction of sp³-hybridized carbons (Fsp3) is 0.333. The highest BCUT2D eigenvalue weighted by Crippen LogP contribution is 2.40. The molecule has 0 unspecified atom stereocenters. The van der Waals surface area contributed by atoms with Crippen molar-refractivity contribution in [3.05, 3.63) is 33.6 Å². The van der Waals surface area contributed by atoms with E-state index in [4.69, 9.17) is 25.8 Å². The zero-order valence-corrected chi connectivity index (χ0v) is 14.8. The number of benzene rings is 1. The number of nitrogens with zero attached hydrogens (tertiary/aromatic N) is 3. The molecule has 1 N–H and O–H groups in total. The van der Waals surface area contributed by atoms with Crippen LogP contribution in [0.4, 0.5) is 17.2 Å². The van der Waals surface area contributed by atoms with Gasteiger partial charge in [-0.3, -0.25) is 10.1 Å². The number of hydrogen-bond donors (Lipinski definition) is 1. The summed E-state index contributed by atoms with van der Waals surface area (Å²) in [5, 5.41) is 14.6. The molecule has 10 heteroatoms. The lowest BCUT2D eigenvalue weighted by molar-refractivity contribution is -0.385. The van der Waals surface area contributed by atoms with Crippen LogP contribution in [0.5, 0.6) is 17.4 Å². The van der Waals surface area contributed by atoms with E-state index in [0.29, 0.717) is 22.2 Å². The van der Waals surface area contributed by atoms with Crippen LogP contribution in [-0.4, -0.2) is 35.2 Å². The number of nitro groups is 1. The Morgan fingerprint density at radius 1 is 1.20 bits per heavy atom. The zero-order valence-electron chi connectivity index (χ0n) is 14.1. The molecule has 0 saturated carbocycles. The van der Waals surface area contributed by atoms with Crippen LogP contribution in [0.15, 0.2) is 18.5 Å². The number of nitrogens with one attached hydrogen (secondary N) is 1. The third-order valence-corrected chi connectivity index (χ3v) is 3.34. The molecule has 2 aromatic rings. The van der Waals surface area contributed by atoms with Gasteiger partial charge in [-0.2, -0.15) is 4.98 Å². The van der Waals surface area contributed by atoms with Crippen LogP contribution < -0.4 is 19.5 Å². The average molecular weight is 369 g/mol. The predicted molar refractivity (Wildman–Crippen MR) is 92.3 cm³/mol. The Balaban J connectivity index is 2.50. The second kappa shape index (κ2) is 7.84. The first-order valence-corrected chi connectivity index (χ1v) is 7.59. The molecule has 9 nitrogen and oxygen atoms in total. The minimum absolute atomic E-state index is 0.0461. The second-order valence-corrected chi connectivity index (χ2v) is 5.52. The molecule has 0 aliphatic carbocycles. The van der Waals surface area contributed by atoms with Crippen LogP contribution in [0.1, 0.15) is 13.8 Å². The highest BCUT2D eigenvalue weighted by Gasteiger charge is 2.26. The highest BCUT2D eigenvalue weighted by atomic mass is 35.5. The van der Waals surface area contributed by atoms with Crippen molar-refractivity contribution in [3.8, 4) is 17.4 Å². The first-order chi connectivity index (χ1) is 11.9. The Hall–Kier alpha value is -2.81. The van der Waals surface area contributed by atoms with E-state index in [-0.39, 0.29) is 23.5 Å². The molecule has 2 rings (SSSR count). The Morgan fingerprint density at radius 3 is 2.44 bits per heavy atom. The molecule has 0 aliphatic heterocycles. The largest absolute Gasteiger partial charge is 0.495 e. The van der Waals surface area contributed by atoms with Crippen LogP contribution in [0, 0.1) is 10.1 Å². The molecule has 0 atom stereocenters. The van der Waals surface area contributed by atoms with Gasteiger partial charge in [-0.1, -0.05) is 11.6 Å². The number of hydrogen-bond acceptors (Lipinski definition) is 8. The van der Waals surface area contributed by atoms with Gasteiger partial charge < -0.3 is 19.5 Å². The quantitative estimate of drug-likeness (QED) is 0.583. The van der Waals surface area contributed by atoms with Crippen LogP contribution in [-0.2, 0) is 0 Å². The number of halogens is 1. The molecule has 1 aromatic heterocycles. The van der Waals surface area contributed by atoms with Gasteiger partial charge in [-0.15, -0.1) is 0 Å². The summed E-state index contributed by atoms with van der Waals surface area (Å²) in [4.78, 5) is 18.6. The van der Waals surface area contributed by atoms with Gasteiger partial charge in [0.1, 0.15) is 17.8 Å². The highest BCUT2D eigenvalue weighted by molar-refractivity contribution is 6.32. The summed E-state index contributed by atoms with van der Waals surface area (Å²) in [5.74, 6) is 0.608. The van der Waals surface area contributed by atoms with Crippen LogP contribution in [0.25, 0.3) is 0 Å². The van der Waals surface area contributed by atoms with Crippen molar-refractivity contribution in [2.45, 2.75) is 20.0 Å². The van der Waals surface area contributed by atoms with E-state index in [9.17, 15) is 10.1 Å². The maximum absolute atomic E-state index is 11.5. The molecule has 134 valence electrons. The second-order valence-electron chi connectivity index (χ2n) is 5.11. The van der Waals surface area contributed by atoms with Gasteiger partial charge in [-0.05, 0) is 19.9 Å². The summed E-state index contributed by atoms with van der Waals surface area (Å²) >= 11 is 6.12.